The Balaban J connectivity index is 0.00000225. The molecule has 25 heavy (non-hydrogen) atoms. The number of fused-ring (bicyclic) bond motifs is 1. The molecule has 1 aliphatic rings. The van der Waals surface area contributed by atoms with Crippen molar-refractivity contribution in [2.24, 2.45) is 10.7 Å². The minimum Gasteiger partial charge on any atom is -0.404 e. The summed E-state index contributed by atoms with van der Waals surface area (Å²) in [6.45, 7) is 0.782. The summed E-state index contributed by atoms with van der Waals surface area (Å²) in [6, 6.07) is 5.61. The average Bonchev–Trinajstić information content (AvgIpc) is 2.95. The van der Waals surface area contributed by atoms with Crippen LogP contribution < -0.4 is 15.8 Å². The van der Waals surface area contributed by atoms with Gasteiger partial charge in [0.05, 0.1) is 11.7 Å². The summed E-state index contributed by atoms with van der Waals surface area (Å²) < 4.78 is 43.3. The first-order valence-electron chi connectivity index (χ1n) is 7.36. The number of alkyl halides is 3. The Kier molecular flexibility index (Phi) is 6.14. The van der Waals surface area contributed by atoms with Gasteiger partial charge in [-0.05, 0) is 18.6 Å². The monoisotopic (exact) mass is 467 g/mol. The van der Waals surface area contributed by atoms with Gasteiger partial charge in [-0.15, -0.1) is 37.1 Å². The Labute approximate surface area is 159 Å². The van der Waals surface area contributed by atoms with Gasteiger partial charge in [0, 0.05) is 25.4 Å². The third kappa shape index (κ3) is 5.25. The lowest BCUT2D eigenvalue weighted by molar-refractivity contribution is -0.274. The normalized spacial score (nSPS) is 17.4. The van der Waals surface area contributed by atoms with E-state index in [1.54, 1.807) is 12.3 Å². The van der Waals surface area contributed by atoms with E-state index in [1.807, 2.05) is 10.8 Å². The summed E-state index contributed by atoms with van der Waals surface area (Å²) in [5.41, 5.74) is 5.94. The van der Waals surface area contributed by atoms with Crippen molar-refractivity contribution in [3.05, 3.63) is 42.5 Å². The molecule has 1 unspecified atom stereocenters. The van der Waals surface area contributed by atoms with Crippen LogP contribution in [0.15, 0.2) is 41.7 Å². The Morgan fingerprint density at radius 2 is 2.12 bits per heavy atom. The number of para-hydroxylation sites is 2. The standard InChI is InChI=1S/C15H16F3N5O.HI/c16-15(17,18)24-12-4-2-1-3-11(12)22-14(19)21-10-5-7-23-8-6-20-13(23)9-10;/h1-4,6,8,10H,5,7,9H2,(H3,19,21,22);1H. The minimum absolute atomic E-state index is 0. The molecular formula is C15H17F3IN5O. The molecule has 1 aromatic heterocycles. The van der Waals surface area contributed by atoms with Crippen LogP contribution >= 0.6 is 24.0 Å². The van der Waals surface area contributed by atoms with Crippen LogP contribution in [0.4, 0.5) is 18.9 Å². The first kappa shape index (κ1) is 19.3. The molecule has 0 radical (unpaired) electrons. The van der Waals surface area contributed by atoms with Gasteiger partial charge in [0.1, 0.15) is 5.82 Å². The highest BCUT2D eigenvalue weighted by atomic mass is 127. The second kappa shape index (κ2) is 7.93. The van der Waals surface area contributed by atoms with E-state index < -0.39 is 6.36 Å². The zero-order chi connectivity index (χ0) is 17.2. The molecule has 0 amide bonds. The molecule has 0 bridgehead atoms. The van der Waals surface area contributed by atoms with Crippen molar-refractivity contribution in [3.8, 4) is 5.75 Å². The van der Waals surface area contributed by atoms with Gasteiger partial charge in [0.15, 0.2) is 11.7 Å². The van der Waals surface area contributed by atoms with E-state index in [-0.39, 0.29) is 47.4 Å². The molecule has 0 saturated carbocycles. The number of anilines is 1. The summed E-state index contributed by atoms with van der Waals surface area (Å²) in [5.74, 6) is 0.601. The van der Waals surface area contributed by atoms with E-state index in [4.69, 9.17) is 5.73 Å². The van der Waals surface area contributed by atoms with Crippen LogP contribution in [0.5, 0.6) is 5.75 Å². The first-order valence-corrected chi connectivity index (χ1v) is 7.36. The highest BCUT2D eigenvalue weighted by Crippen LogP contribution is 2.29. The largest absolute Gasteiger partial charge is 0.573 e. The average molecular weight is 467 g/mol. The number of imidazole rings is 1. The number of hydrogen-bond acceptors (Lipinski definition) is 3. The number of aromatic nitrogens is 2. The van der Waals surface area contributed by atoms with Gasteiger partial charge in [-0.2, -0.15) is 0 Å². The molecule has 1 aliphatic heterocycles. The highest BCUT2D eigenvalue weighted by molar-refractivity contribution is 14.0. The van der Waals surface area contributed by atoms with Gasteiger partial charge >= 0.3 is 6.36 Å². The van der Waals surface area contributed by atoms with E-state index >= 15 is 0 Å². The molecule has 136 valence electrons. The number of guanidine groups is 1. The Morgan fingerprint density at radius 1 is 1.36 bits per heavy atom. The van der Waals surface area contributed by atoms with Gasteiger partial charge in [-0.3, -0.25) is 0 Å². The number of aliphatic imine (C=N–C) groups is 1. The quantitative estimate of drug-likeness (QED) is 0.413. The van der Waals surface area contributed by atoms with Crippen molar-refractivity contribution in [1.29, 1.82) is 0 Å². The van der Waals surface area contributed by atoms with Crippen LogP contribution in [0.3, 0.4) is 0 Å². The lowest BCUT2D eigenvalue weighted by Gasteiger charge is -2.21. The van der Waals surface area contributed by atoms with Crippen LogP contribution in [0.2, 0.25) is 0 Å². The molecule has 6 nitrogen and oxygen atoms in total. The van der Waals surface area contributed by atoms with Gasteiger partial charge in [0.25, 0.3) is 0 Å². The van der Waals surface area contributed by atoms with Crippen molar-refractivity contribution in [2.45, 2.75) is 31.8 Å². The molecule has 0 fully saturated rings. The zero-order valence-corrected chi connectivity index (χ0v) is 15.4. The van der Waals surface area contributed by atoms with Gasteiger partial charge in [0.2, 0.25) is 0 Å². The molecule has 0 aliphatic carbocycles. The fourth-order valence-corrected chi connectivity index (χ4v) is 2.60. The predicted molar refractivity (Wildman–Crippen MR) is 98.1 cm³/mol. The number of nitrogens with one attached hydrogen (secondary N) is 1. The molecular weight excluding hydrogens is 450 g/mol. The summed E-state index contributed by atoms with van der Waals surface area (Å²) in [6.07, 6.45) is 0.280. The maximum absolute atomic E-state index is 12.4. The summed E-state index contributed by atoms with van der Waals surface area (Å²) in [4.78, 5) is 8.58. The fraction of sp³-hybridized carbons (Fsp3) is 0.333. The summed E-state index contributed by atoms with van der Waals surface area (Å²) in [5, 5.41) is 2.67. The number of nitrogens with two attached hydrogens (primary N) is 1. The van der Waals surface area contributed by atoms with Crippen LogP contribution in [-0.2, 0) is 13.0 Å². The smallest absolute Gasteiger partial charge is 0.404 e. The summed E-state index contributed by atoms with van der Waals surface area (Å²) in [7, 11) is 0. The number of hydrogen-bond donors (Lipinski definition) is 2. The molecule has 1 aromatic carbocycles. The van der Waals surface area contributed by atoms with E-state index in [0.29, 0.717) is 6.42 Å². The number of aryl methyl sites for hydroxylation is 1. The first-order chi connectivity index (χ1) is 11.4. The van der Waals surface area contributed by atoms with Gasteiger partial charge < -0.3 is 20.4 Å². The Morgan fingerprint density at radius 3 is 2.88 bits per heavy atom. The van der Waals surface area contributed by atoms with Crippen LogP contribution in [-0.4, -0.2) is 27.9 Å². The Hall–Kier alpha value is -1.98. The topological polar surface area (TPSA) is 77.5 Å². The Bertz CT molecular complexity index is 747. The zero-order valence-electron chi connectivity index (χ0n) is 13.0. The third-order valence-electron chi connectivity index (χ3n) is 3.62. The predicted octanol–water partition coefficient (Wildman–Crippen LogP) is 3.14. The highest BCUT2D eigenvalue weighted by Gasteiger charge is 2.32. The number of ether oxygens (including phenoxy) is 1. The molecule has 0 saturated heterocycles. The van der Waals surface area contributed by atoms with Crippen molar-refractivity contribution < 1.29 is 17.9 Å². The molecule has 0 spiro atoms. The molecule has 1 atom stereocenters. The molecule has 3 N–H and O–H groups in total. The van der Waals surface area contributed by atoms with E-state index in [9.17, 15) is 13.2 Å². The van der Waals surface area contributed by atoms with Crippen molar-refractivity contribution in [3.63, 3.8) is 0 Å². The van der Waals surface area contributed by atoms with E-state index in [1.165, 1.54) is 18.2 Å². The van der Waals surface area contributed by atoms with Crippen molar-refractivity contribution in [1.82, 2.24) is 9.55 Å². The number of halogens is 4. The second-order valence-corrected chi connectivity index (χ2v) is 5.37. The number of benzene rings is 1. The maximum atomic E-state index is 12.4. The minimum atomic E-state index is -4.77. The fourth-order valence-electron chi connectivity index (χ4n) is 2.60. The van der Waals surface area contributed by atoms with Crippen LogP contribution in [0.25, 0.3) is 0 Å². The van der Waals surface area contributed by atoms with E-state index in [2.05, 4.69) is 20.0 Å². The van der Waals surface area contributed by atoms with Crippen molar-refractivity contribution in [2.75, 3.05) is 5.32 Å². The van der Waals surface area contributed by atoms with Crippen LogP contribution in [0, 0.1) is 0 Å². The molecule has 2 heterocycles. The molecule has 2 aromatic rings. The lowest BCUT2D eigenvalue weighted by atomic mass is 10.1. The molecule has 10 heteroatoms. The maximum Gasteiger partial charge on any atom is 0.573 e. The SMILES string of the molecule is I.NC(=NC1CCn2ccnc2C1)Nc1ccccc1OC(F)(F)F. The third-order valence-corrected chi connectivity index (χ3v) is 3.62. The van der Waals surface area contributed by atoms with Gasteiger partial charge in [-0.1, -0.05) is 12.1 Å². The lowest BCUT2D eigenvalue weighted by Crippen LogP contribution is -2.29. The number of rotatable bonds is 3. The second-order valence-electron chi connectivity index (χ2n) is 5.37. The summed E-state index contributed by atoms with van der Waals surface area (Å²) >= 11 is 0. The van der Waals surface area contributed by atoms with E-state index in [0.717, 1.165) is 18.8 Å². The molecule has 3 rings (SSSR count). The van der Waals surface area contributed by atoms with Crippen molar-refractivity contribution >= 4 is 35.6 Å². The van der Waals surface area contributed by atoms with Gasteiger partial charge in [-0.25, -0.2) is 9.98 Å². The number of nitrogens with zero attached hydrogens (tertiary/aromatic N) is 3. The van der Waals surface area contributed by atoms with Crippen LogP contribution in [0.1, 0.15) is 12.2 Å².